The molecule has 2 N–H and O–H groups in total. The number of piperazine rings is 1. The predicted octanol–water partition coefficient (Wildman–Crippen LogP) is 3.37. The molecule has 3 aromatic rings. The van der Waals surface area contributed by atoms with E-state index in [9.17, 15) is 19.3 Å². The van der Waals surface area contributed by atoms with Gasteiger partial charge in [-0.2, -0.15) is 0 Å². The third-order valence-electron chi connectivity index (χ3n) is 5.17. The summed E-state index contributed by atoms with van der Waals surface area (Å²) in [5, 5.41) is 11.9. The second kappa shape index (κ2) is 9.77. The summed E-state index contributed by atoms with van der Waals surface area (Å²) in [6, 6.07) is 13.3. The molecule has 1 saturated heterocycles. The van der Waals surface area contributed by atoms with E-state index in [1.807, 2.05) is 4.90 Å². The van der Waals surface area contributed by atoms with E-state index in [0.29, 0.717) is 41.9 Å². The smallest absolute Gasteiger partial charge is 0.355 e. The summed E-state index contributed by atoms with van der Waals surface area (Å²) < 4.78 is 14.7. The number of nitrogens with zero attached hydrogens (tertiary/aromatic N) is 5. The lowest BCUT2D eigenvalue weighted by Gasteiger charge is -2.36. The van der Waals surface area contributed by atoms with Crippen molar-refractivity contribution in [3.63, 3.8) is 0 Å². The van der Waals surface area contributed by atoms with Crippen molar-refractivity contribution in [3.8, 4) is 0 Å². The van der Waals surface area contributed by atoms with Crippen molar-refractivity contribution < 1.29 is 14.1 Å². The SMILES string of the molecule is O=C(NNc1ncnc(N2CCN(c3ccccc3F)CC2)c1[N+](=O)[O-])c1ccccc1Br. The van der Waals surface area contributed by atoms with Crippen LogP contribution in [0, 0.1) is 15.9 Å². The summed E-state index contributed by atoms with van der Waals surface area (Å²) in [6.07, 6.45) is 1.19. The average Bonchev–Trinajstić information content (AvgIpc) is 2.83. The molecule has 0 unspecified atom stereocenters. The second-order valence-corrected chi connectivity index (χ2v) is 7.99. The topological polar surface area (TPSA) is 117 Å². The van der Waals surface area contributed by atoms with Gasteiger partial charge in [0.05, 0.1) is 16.2 Å². The molecule has 4 rings (SSSR count). The van der Waals surface area contributed by atoms with Crippen molar-refractivity contribution in [3.05, 3.63) is 80.8 Å². The summed E-state index contributed by atoms with van der Waals surface area (Å²) in [4.78, 5) is 35.4. The Balaban J connectivity index is 1.50. The van der Waals surface area contributed by atoms with Gasteiger partial charge in [0.1, 0.15) is 12.1 Å². The van der Waals surface area contributed by atoms with Gasteiger partial charge in [-0.15, -0.1) is 0 Å². The third-order valence-corrected chi connectivity index (χ3v) is 5.86. The minimum Gasteiger partial charge on any atom is -0.366 e. The Hall–Kier alpha value is -3.80. The minimum absolute atomic E-state index is 0.126. The summed E-state index contributed by atoms with van der Waals surface area (Å²) in [5.41, 5.74) is 5.46. The number of hydrogen-bond acceptors (Lipinski definition) is 8. The van der Waals surface area contributed by atoms with E-state index in [1.165, 1.54) is 12.4 Å². The van der Waals surface area contributed by atoms with Crippen molar-refractivity contribution >= 4 is 44.8 Å². The first-order valence-electron chi connectivity index (χ1n) is 10.0. The van der Waals surface area contributed by atoms with Crippen LogP contribution in [-0.2, 0) is 0 Å². The van der Waals surface area contributed by atoms with Crippen LogP contribution in [0.4, 0.5) is 27.4 Å². The van der Waals surface area contributed by atoms with Crippen LogP contribution >= 0.6 is 15.9 Å². The number of amides is 1. The maximum Gasteiger partial charge on any atom is 0.355 e. The van der Waals surface area contributed by atoms with Crippen LogP contribution in [-0.4, -0.2) is 47.0 Å². The molecule has 1 aliphatic heterocycles. The van der Waals surface area contributed by atoms with Gasteiger partial charge in [-0.25, -0.2) is 14.4 Å². The Morgan fingerprint density at radius 1 is 1.03 bits per heavy atom. The molecule has 1 amide bonds. The van der Waals surface area contributed by atoms with E-state index in [4.69, 9.17) is 0 Å². The molecule has 12 heteroatoms. The monoisotopic (exact) mass is 515 g/mol. The molecule has 33 heavy (non-hydrogen) atoms. The number of carbonyl (C=O) groups excluding carboxylic acids is 1. The van der Waals surface area contributed by atoms with Crippen LogP contribution in [0.3, 0.4) is 0 Å². The number of nitro groups is 1. The molecule has 2 heterocycles. The van der Waals surface area contributed by atoms with Crippen LogP contribution in [0.2, 0.25) is 0 Å². The second-order valence-electron chi connectivity index (χ2n) is 7.14. The van der Waals surface area contributed by atoms with Gasteiger partial charge in [-0.05, 0) is 40.2 Å². The molecule has 1 fully saturated rings. The number of halogens is 2. The fourth-order valence-electron chi connectivity index (χ4n) is 3.56. The highest BCUT2D eigenvalue weighted by Crippen LogP contribution is 2.32. The molecule has 10 nitrogen and oxygen atoms in total. The quantitative estimate of drug-likeness (QED) is 0.379. The molecule has 170 valence electrons. The van der Waals surface area contributed by atoms with Gasteiger partial charge in [0.2, 0.25) is 11.6 Å². The van der Waals surface area contributed by atoms with E-state index in [2.05, 4.69) is 36.7 Å². The van der Waals surface area contributed by atoms with Crippen LogP contribution in [0.5, 0.6) is 0 Å². The molecular weight excluding hydrogens is 497 g/mol. The highest BCUT2D eigenvalue weighted by molar-refractivity contribution is 9.10. The van der Waals surface area contributed by atoms with E-state index < -0.39 is 10.8 Å². The van der Waals surface area contributed by atoms with Gasteiger partial charge >= 0.3 is 5.69 Å². The number of benzene rings is 2. The van der Waals surface area contributed by atoms with Crippen molar-refractivity contribution in [2.24, 2.45) is 0 Å². The van der Waals surface area contributed by atoms with Gasteiger partial charge < -0.3 is 9.80 Å². The number of carbonyl (C=O) groups is 1. The van der Waals surface area contributed by atoms with Crippen molar-refractivity contribution in [2.45, 2.75) is 0 Å². The molecule has 1 aromatic heterocycles. The standard InChI is InChI=1S/C21H19BrFN7O3/c22-15-6-2-1-5-14(15)21(31)27-26-19-18(30(32)33)20(25-13-24-19)29-11-9-28(10-12-29)17-8-4-3-7-16(17)23/h1-8,13H,9-12H2,(H,27,31)(H,24,25,26). The highest BCUT2D eigenvalue weighted by Gasteiger charge is 2.30. The van der Waals surface area contributed by atoms with Gasteiger partial charge in [0, 0.05) is 30.7 Å². The maximum absolute atomic E-state index is 14.1. The molecule has 0 radical (unpaired) electrons. The molecular formula is C21H19BrFN7O3. The highest BCUT2D eigenvalue weighted by atomic mass is 79.9. The lowest BCUT2D eigenvalue weighted by atomic mass is 10.2. The molecule has 2 aromatic carbocycles. The van der Waals surface area contributed by atoms with Crippen molar-refractivity contribution in [1.82, 2.24) is 15.4 Å². The zero-order valence-electron chi connectivity index (χ0n) is 17.2. The number of anilines is 3. The Bertz CT molecular complexity index is 1190. The van der Waals surface area contributed by atoms with E-state index in [1.54, 1.807) is 47.4 Å². The van der Waals surface area contributed by atoms with E-state index in [0.717, 1.165) is 0 Å². The largest absolute Gasteiger partial charge is 0.366 e. The number of aromatic nitrogens is 2. The fourth-order valence-corrected chi connectivity index (χ4v) is 4.02. The molecule has 1 aliphatic rings. The number of hydrogen-bond donors (Lipinski definition) is 2. The molecule has 0 aliphatic carbocycles. The van der Waals surface area contributed by atoms with Crippen molar-refractivity contribution in [2.75, 3.05) is 41.4 Å². The first-order chi connectivity index (χ1) is 16.0. The summed E-state index contributed by atoms with van der Waals surface area (Å²) >= 11 is 3.29. The molecule has 0 spiro atoms. The van der Waals surface area contributed by atoms with Crippen LogP contribution in [0.25, 0.3) is 0 Å². The minimum atomic E-state index is -0.592. The van der Waals surface area contributed by atoms with Gasteiger partial charge in [-0.3, -0.25) is 25.8 Å². The van der Waals surface area contributed by atoms with Gasteiger partial charge in [0.25, 0.3) is 5.91 Å². The predicted molar refractivity (Wildman–Crippen MR) is 125 cm³/mol. The van der Waals surface area contributed by atoms with Crippen LogP contribution in [0.1, 0.15) is 10.4 Å². The van der Waals surface area contributed by atoms with Gasteiger partial charge in [0.15, 0.2) is 0 Å². The van der Waals surface area contributed by atoms with Crippen molar-refractivity contribution in [1.29, 1.82) is 0 Å². The number of para-hydroxylation sites is 1. The Labute approximate surface area is 196 Å². The number of hydrazine groups is 1. The molecule has 0 bridgehead atoms. The summed E-state index contributed by atoms with van der Waals surface area (Å²) in [6.45, 7) is 1.72. The normalized spacial score (nSPS) is 13.5. The van der Waals surface area contributed by atoms with E-state index >= 15 is 0 Å². The zero-order valence-corrected chi connectivity index (χ0v) is 18.8. The number of rotatable bonds is 6. The first-order valence-corrected chi connectivity index (χ1v) is 10.8. The Morgan fingerprint density at radius 3 is 2.39 bits per heavy atom. The Kier molecular flexibility index (Phi) is 6.63. The van der Waals surface area contributed by atoms with Crippen LogP contribution in [0.15, 0.2) is 59.3 Å². The lowest BCUT2D eigenvalue weighted by Crippen LogP contribution is -2.47. The Morgan fingerprint density at radius 2 is 1.70 bits per heavy atom. The number of nitrogens with one attached hydrogen (secondary N) is 2. The van der Waals surface area contributed by atoms with Crippen LogP contribution < -0.4 is 20.7 Å². The summed E-state index contributed by atoms with van der Waals surface area (Å²) in [5.74, 6) is -0.815. The van der Waals surface area contributed by atoms with Gasteiger partial charge in [-0.1, -0.05) is 24.3 Å². The fraction of sp³-hybridized carbons (Fsp3) is 0.190. The van der Waals surface area contributed by atoms with E-state index in [-0.39, 0.29) is 23.1 Å². The molecule has 0 saturated carbocycles. The zero-order chi connectivity index (χ0) is 23.4. The molecule has 0 atom stereocenters. The maximum atomic E-state index is 14.1. The first kappa shape index (κ1) is 22.4. The average molecular weight is 516 g/mol. The lowest BCUT2D eigenvalue weighted by molar-refractivity contribution is -0.383. The summed E-state index contributed by atoms with van der Waals surface area (Å²) in [7, 11) is 0. The third kappa shape index (κ3) is 4.85.